The lowest BCUT2D eigenvalue weighted by molar-refractivity contribution is 0.0999. The first-order valence-corrected chi connectivity index (χ1v) is 4.70. The normalized spacial score (nSPS) is 11.0. The van der Waals surface area contributed by atoms with Gasteiger partial charge in [-0.1, -0.05) is 22.6 Å². The number of hydrogen-bond acceptors (Lipinski definition) is 2. The van der Waals surface area contributed by atoms with Crippen LogP contribution in [-0.2, 0) is 4.74 Å². The smallest absolute Gasteiger partial charge is 0.0750 e. The summed E-state index contributed by atoms with van der Waals surface area (Å²) in [5, 5.41) is 8.56. The molecule has 0 aliphatic heterocycles. The van der Waals surface area contributed by atoms with Gasteiger partial charge in [0.05, 0.1) is 24.7 Å². The van der Waals surface area contributed by atoms with Crippen molar-refractivity contribution in [3.8, 4) is 6.07 Å². The van der Waals surface area contributed by atoms with Crippen LogP contribution >= 0.6 is 22.6 Å². The van der Waals surface area contributed by atoms with Gasteiger partial charge in [0.25, 0.3) is 0 Å². The third-order valence-electron chi connectivity index (χ3n) is 0.987. The molecule has 0 amide bonds. The molecular weight excluding hydrogens is 241 g/mol. The molecule has 58 valence electrons. The van der Waals surface area contributed by atoms with Crippen LogP contribution in [0.4, 0.5) is 0 Å². The molecule has 0 aromatic heterocycles. The predicted octanol–water partition coefficient (Wildman–Crippen LogP) is 1.99. The number of halogens is 1. The van der Waals surface area contributed by atoms with E-state index >= 15 is 0 Å². The second-order valence-electron chi connectivity index (χ2n) is 2.74. The van der Waals surface area contributed by atoms with Gasteiger partial charge in [-0.15, -0.1) is 0 Å². The SMILES string of the molecule is CC(C)(C#N)COCCI. The van der Waals surface area contributed by atoms with Crippen molar-refractivity contribution in [2.75, 3.05) is 17.6 Å². The molecule has 0 rings (SSSR count). The fourth-order valence-corrected chi connectivity index (χ4v) is 0.726. The van der Waals surface area contributed by atoms with Gasteiger partial charge in [-0.05, 0) is 13.8 Å². The van der Waals surface area contributed by atoms with Crippen LogP contribution in [0.3, 0.4) is 0 Å². The van der Waals surface area contributed by atoms with E-state index in [1.54, 1.807) is 0 Å². The first kappa shape index (κ1) is 10.2. The Labute approximate surface area is 75.7 Å². The molecule has 10 heavy (non-hydrogen) atoms. The van der Waals surface area contributed by atoms with E-state index in [-0.39, 0.29) is 5.41 Å². The van der Waals surface area contributed by atoms with Gasteiger partial charge >= 0.3 is 0 Å². The van der Waals surface area contributed by atoms with Gasteiger partial charge in [-0.25, -0.2) is 0 Å². The third kappa shape index (κ3) is 5.00. The van der Waals surface area contributed by atoms with Crippen LogP contribution in [0, 0.1) is 16.7 Å². The lowest BCUT2D eigenvalue weighted by Gasteiger charge is -2.13. The van der Waals surface area contributed by atoms with Crippen molar-refractivity contribution >= 4 is 22.6 Å². The summed E-state index contributed by atoms with van der Waals surface area (Å²) < 4.78 is 6.19. The maximum atomic E-state index is 8.56. The van der Waals surface area contributed by atoms with Crippen molar-refractivity contribution in [3.05, 3.63) is 0 Å². The second kappa shape index (κ2) is 4.91. The Morgan fingerprint density at radius 2 is 2.20 bits per heavy atom. The molecule has 3 heteroatoms. The highest BCUT2D eigenvalue weighted by molar-refractivity contribution is 14.1. The summed E-state index contributed by atoms with van der Waals surface area (Å²) in [6.45, 7) is 5.03. The molecule has 0 aliphatic carbocycles. The minimum Gasteiger partial charge on any atom is -0.379 e. The van der Waals surface area contributed by atoms with Gasteiger partial charge in [0.15, 0.2) is 0 Å². The molecule has 0 heterocycles. The summed E-state index contributed by atoms with van der Waals surface area (Å²) in [6, 6.07) is 2.17. The van der Waals surface area contributed by atoms with Crippen molar-refractivity contribution in [2.45, 2.75) is 13.8 Å². The van der Waals surface area contributed by atoms with Crippen LogP contribution in [0.2, 0.25) is 0 Å². The zero-order valence-corrected chi connectivity index (χ0v) is 8.51. The summed E-state index contributed by atoms with van der Waals surface area (Å²) >= 11 is 2.24. The quantitative estimate of drug-likeness (QED) is 0.436. The highest BCUT2D eigenvalue weighted by Crippen LogP contribution is 2.12. The summed E-state index contributed by atoms with van der Waals surface area (Å²) in [6.07, 6.45) is 0. The van der Waals surface area contributed by atoms with Crippen LogP contribution < -0.4 is 0 Å². The lowest BCUT2D eigenvalue weighted by Crippen LogP contribution is -2.17. The highest BCUT2D eigenvalue weighted by Gasteiger charge is 2.15. The molecule has 0 spiro atoms. The molecule has 0 saturated heterocycles. The van der Waals surface area contributed by atoms with Crippen LogP contribution in [0.15, 0.2) is 0 Å². The monoisotopic (exact) mass is 253 g/mol. The van der Waals surface area contributed by atoms with E-state index in [2.05, 4.69) is 28.7 Å². The molecule has 0 bridgehead atoms. The zero-order chi connectivity index (χ0) is 8.04. The van der Waals surface area contributed by atoms with Gasteiger partial charge in [-0.2, -0.15) is 5.26 Å². The first-order chi connectivity index (χ1) is 4.62. The van der Waals surface area contributed by atoms with Crippen molar-refractivity contribution < 1.29 is 4.74 Å². The van der Waals surface area contributed by atoms with Crippen molar-refractivity contribution in [1.82, 2.24) is 0 Å². The fraction of sp³-hybridized carbons (Fsp3) is 0.857. The predicted molar refractivity (Wildman–Crippen MR) is 49.1 cm³/mol. The first-order valence-electron chi connectivity index (χ1n) is 3.17. The Morgan fingerprint density at radius 3 is 2.60 bits per heavy atom. The number of nitriles is 1. The number of nitrogens with zero attached hydrogens (tertiary/aromatic N) is 1. The van der Waals surface area contributed by atoms with Gasteiger partial charge < -0.3 is 4.74 Å². The topological polar surface area (TPSA) is 33.0 Å². The van der Waals surface area contributed by atoms with Crippen molar-refractivity contribution in [3.63, 3.8) is 0 Å². The molecular formula is C7H12INO. The minimum atomic E-state index is -0.328. The molecule has 2 nitrogen and oxygen atoms in total. The molecule has 0 saturated carbocycles. The molecule has 0 radical (unpaired) electrons. The van der Waals surface area contributed by atoms with E-state index in [1.807, 2.05) is 13.8 Å². The van der Waals surface area contributed by atoms with Gasteiger partial charge in [0, 0.05) is 4.43 Å². The van der Waals surface area contributed by atoms with Crippen molar-refractivity contribution in [1.29, 1.82) is 5.26 Å². The van der Waals surface area contributed by atoms with E-state index in [1.165, 1.54) is 0 Å². The Bertz CT molecular complexity index is 128. The zero-order valence-electron chi connectivity index (χ0n) is 6.35. The maximum absolute atomic E-state index is 8.56. The summed E-state index contributed by atoms with van der Waals surface area (Å²) in [4.78, 5) is 0. The van der Waals surface area contributed by atoms with E-state index < -0.39 is 0 Å². The Balaban J connectivity index is 3.40. The lowest BCUT2D eigenvalue weighted by atomic mass is 9.98. The van der Waals surface area contributed by atoms with E-state index in [4.69, 9.17) is 10.00 Å². The summed E-state index contributed by atoms with van der Waals surface area (Å²) in [7, 11) is 0. The number of hydrogen-bond donors (Lipinski definition) is 0. The number of rotatable bonds is 4. The molecule has 0 fully saturated rings. The number of alkyl halides is 1. The summed E-state index contributed by atoms with van der Waals surface area (Å²) in [5.41, 5.74) is -0.328. The van der Waals surface area contributed by atoms with E-state index in [0.29, 0.717) is 6.61 Å². The molecule has 0 N–H and O–H groups in total. The average Bonchev–Trinajstić information content (AvgIpc) is 1.89. The van der Waals surface area contributed by atoms with Gasteiger partial charge in [0.1, 0.15) is 0 Å². The Morgan fingerprint density at radius 1 is 1.60 bits per heavy atom. The molecule has 0 aromatic carbocycles. The Hall–Kier alpha value is 0.180. The minimum absolute atomic E-state index is 0.328. The van der Waals surface area contributed by atoms with Crippen LogP contribution in [0.25, 0.3) is 0 Å². The molecule has 0 atom stereocenters. The standard InChI is InChI=1S/C7H12INO/c1-7(2,5-9)6-10-4-3-8/h3-4,6H2,1-2H3. The maximum Gasteiger partial charge on any atom is 0.0750 e. The Kier molecular flexibility index (Phi) is 5.00. The number of ether oxygens (including phenoxy) is 1. The second-order valence-corrected chi connectivity index (χ2v) is 3.82. The van der Waals surface area contributed by atoms with Gasteiger partial charge in [-0.3, -0.25) is 0 Å². The third-order valence-corrected chi connectivity index (χ3v) is 1.43. The average molecular weight is 253 g/mol. The molecule has 0 unspecified atom stereocenters. The van der Waals surface area contributed by atoms with Crippen LogP contribution in [0.1, 0.15) is 13.8 Å². The highest BCUT2D eigenvalue weighted by atomic mass is 127. The van der Waals surface area contributed by atoms with Crippen LogP contribution in [0.5, 0.6) is 0 Å². The summed E-state index contributed by atoms with van der Waals surface area (Å²) in [5.74, 6) is 0. The van der Waals surface area contributed by atoms with E-state index in [0.717, 1.165) is 11.0 Å². The largest absolute Gasteiger partial charge is 0.379 e. The molecule has 0 aliphatic rings. The van der Waals surface area contributed by atoms with E-state index in [9.17, 15) is 0 Å². The van der Waals surface area contributed by atoms with Crippen molar-refractivity contribution in [2.24, 2.45) is 5.41 Å². The molecule has 0 aromatic rings. The van der Waals surface area contributed by atoms with Gasteiger partial charge in [0.2, 0.25) is 0 Å². The van der Waals surface area contributed by atoms with Crippen LogP contribution in [-0.4, -0.2) is 17.6 Å². The fourth-order valence-electron chi connectivity index (χ4n) is 0.414.